The maximum Gasteiger partial charge on any atom is 0.328 e. The number of hydrogen-bond acceptors (Lipinski definition) is 2. The zero-order chi connectivity index (χ0) is 8.85. The molecule has 11 heavy (non-hydrogen) atoms. The van der Waals surface area contributed by atoms with E-state index in [1.54, 1.807) is 0 Å². The van der Waals surface area contributed by atoms with E-state index in [4.69, 9.17) is 10.2 Å². The second kappa shape index (κ2) is 4.27. The summed E-state index contributed by atoms with van der Waals surface area (Å²) in [5.41, 5.74) is 0.389. The normalized spacial score (nSPS) is 11.9. The van der Waals surface area contributed by atoms with Gasteiger partial charge in [-0.1, -0.05) is 6.08 Å². The fraction of sp³-hybridized carbons (Fsp3) is 0.143. The Bertz CT molecular complexity index is 225. The molecule has 0 spiro atoms. The average Bonchev–Trinajstić information content (AvgIpc) is 1.82. The maximum absolute atomic E-state index is 10.00. The largest absolute Gasteiger partial charge is 0.478 e. The van der Waals surface area contributed by atoms with Crippen LogP contribution in [-0.2, 0) is 9.59 Å². The molecule has 2 N–H and O–H groups in total. The van der Waals surface area contributed by atoms with Crippen LogP contribution in [0.15, 0.2) is 23.8 Å². The van der Waals surface area contributed by atoms with Gasteiger partial charge in [0.15, 0.2) is 0 Å². The lowest BCUT2D eigenvalue weighted by Crippen LogP contribution is -1.90. The Labute approximate surface area is 63.5 Å². The zero-order valence-electron chi connectivity index (χ0n) is 5.94. The molecule has 0 aromatic heterocycles. The van der Waals surface area contributed by atoms with Crippen molar-refractivity contribution in [2.24, 2.45) is 0 Å². The highest BCUT2D eigenvalue weighted by Crippen LogP contribution is 1.93. The van der Waals surface area contributed by atoms with Crippen molar-refractivity contribution in [3.63, 3.8) is 0 Å². The van der Waals surface area contributed by atoms with Gasteiger partial charge in [-0.3, -0.25) is 0 Å². The predicted octanol–water partition coefficient (Wildman–Crippen LogP) is 0.658. The van der Waals surface area contributed by atoms with Crippen molar-refractivity contribution < 1.29 is 19.8 Å². The lowest BCUT2D eigenvalue weighted by Gasteiger charge is -1.85. The number of allylic oxidation sites excluding steroid dienone is 2. The molecule has 0 atom stereocenters. The van der Waals surface area contributed by atoms with Crippen LogP contribution in [0.1, 0.15) is 6.92 Å². The second-order valence-corrected chi connectivity index (χ2v) is 1.90. The van der Waals surface area contributed by atoms with Crippen LogP contribution in [0.4, 0.5) is 0 Å². The minimum absolute atomic E-state index is 0.389. The van der Waals surface area contributed by atoms with Crippen LogP contribution in [0.3, 0.4) is 0 Å². The third kappa shape index (κ3) is 6.30. The van der Waals surface area contributed by atoms with Crippen LogP contribution < -0.4 is 0 Å². The molecule has 0 radical (unpaired) electrons. The molecular weight excluding hydrogens is 148 g/mol. The molecule has 0 aliphatic carbocycles. The SMILES string of the molecule is CC(=C/C(=O)O)/C=C/C(=O)O. The number of carboxylic acid groups (broad SMARTS) is 2. The lowest BCUT2D eigenvalue weighted by atomic mass is 10.2. The molecule has 0 saturated heterocycles. The summed E-state index contributed by atoms with van der Waals surface area (Å²) in [6.07, 6.45) is 3.03. The Morgan fingerprint density at radius 3 is 2.00 bits per heavy atom. The molecule has 0 unspecified atom stereocenters. The molecule has 4 nitrogen and oxygen atoms in total. The van der Waals surface area contributed by atoms with Gasteiger partial charge in [-0.25, -0.2) is 9.59 Å². The van der Waals surface area contributed by atoms with Gasteiger partial charge in [0.2, 0.25) is 0 Å². The first-order valence-corrected chi connectivity index (χ1v) is 2.84. The minimum atomic E-state index is -1.09. The molecular formula is C7H8O4. The van der Waals surface area contributed by atoms with Crippen molar-refractivity contribution >= 4 is 11.9 Å². The van der Waals surface area contributed by atoms with E-state index in [0.29, 0.717) is 5.57 Å². The van der Waals surface area contributed by atoms with Crippen LogP contribution in [0.2, 0.25) is 0 Å². The van der Waals surface area contributed by atoms with Gasteiger partial charge in [0, 0.05) is 12.2 Å². The molecule has 0 aliphatic rings. The summed E-state index contributed by atoms with van der Waals surface area (Å²) in [5.74, 6) is -2.18. The van der Waals surface area contributed by atoms with Crippen molar-refractivity contribution in [2.75, 3.05) is 0 Å². The van der Waals surface area contributed by atoms with Crippen LogP contribution in [0.5, 0.6) is 0 Å². The summed E-state index contributed by atoms with van der Waals surface area (Å²) in [4.78, 5) is 19.9. The first-order chi connectivity index (χ1) is 5.02. The topological polar surface area (TPSA) is 74.6 Å². The molecule has 0 amide bonds. The molecule has 0 rings (SSSR count). The highest BCUT2D eigenvalue weighted by atomic mass is 16.4. The minimum Gasteiger partial charge on any atom is -0.478 e. The molecule has 0 heterocycles. The van der Waals surface area contributed by atoms with E-state index < -0.39 is 11.9 Å². The van der Waals surface area contributed by atoms with E-state index >= 15 is 0 Å². The van der Waals surface area contributed by atoms with Gasteiger partial charge in [-0.05, 0) is 12.5 Å². The van der Waals surface area contributed by atoms with E-state index in [1.165, 1.54) is 13.0 Å². The fourth-order valence-corrected chi connectivity index (χ4v) is 0.446. The predicted molar refractivity (Wildman–Crippen MR) is 38.2 cm³/mol. The summed E-state index contributed by atoms with van der Waals surface area (Å²) >= 11 is 0. The Hall–Kier alpha value is -1.58. The maximum atomic E-state index is 10.00. The number of hydrogen-bond donors (Lipinski definition) is 2. The lowest BCUT2D eigenvalue weighted by molar-refractivity contribution is -0.132. The molecule has 0 aromatic carbocycles. The van der Waals surface area contributed by atoms with Gasteiger partial charge in [-0.2, -0.15) is 0 Å². The van der Waals surface area contributed by atoms with Crippen molar-refractivity contribution in [1.29, 1.82) is 0 Å². The highest BCUT2D eigenvalue weighted by Gasteiger charge is 1.90. The quantitative estimate of drug-likeness (QED) is 0.465. The smallest absolute Gasteiger partial charge is 0.328 e. The van der Waals surface area contributed by atoms with E-state index in [0.717, 1.165) is 12.2 Å². The number of carbonyl (C=O) groups is 2. The first-order valence-electron chi connectivity index (χ1n) is 2.84. The summed E-state index contributed by atoms with van der Waals surface area (Å²) < 4.78 is 0. The van der Waals surface area contributed by atoms with Crippen LogP contribution >= 0.6 is 0 Å². The number of rotatable bonds is 3. The van der Waals surface area contributed by atoms with Gasteiger partial charge < -0.3 is 10.2 Å². The molecule has 0 saturated carbocycles. The van der Waals surface area contributed by atoms with Crippen molar-refractivity contribution in [3.05, 3.63) is 23.8 Å². The van der Waals surface area contributed by atoms with E-state index in [1.807, 2.05) is 0 Å². The van der Waals surface area contributed by atoms with Crippen LogP contribution in [-0.4, -0.2) is 22.2 Å². The molecule has 0 bridgehead atoms. The number of aliphatic carboxylic acids is 2. The first kappa shape index (κ1) is 9.42. The van der Waals surface area contributed by atoms with Gasteiger partial charge >= 0.3 is 11.9 Å². The Morgan fingerprint density at radius 2 is 1.64 bits per heavy atom. The second-order valence-electron chi connectivity index (χ2n) is 1.90. The van der Waals surface area contributed by atoms with Gasteiger partial charge in [0.05, 0.1) is 0 Å². The van der Waals surface area contributed by atoms with E-state index in [9.17, 15) is 9.59 Å². The average molecular weight is 156 g/mol. The van der Waals surface area contributed by atoms with Gasteiger partial charge in [0.25, 0.3) is 0 Å². The van der Waals surface area contributed by atoms with Crippen molar-refractivity contribution in [2.45, 2.75) is 6.92 Å². The summed E-state index contributed by atoms with van der Waals surface area (Å²) in [6.45, 7) is 1.51. The Balaban J connectivity index is 4.17. The Kier molecular flexibility index (Phi) is 3.66. The molecule has 4 heteroatoms. The highest BCUT2D eigenvalue weighted by molar-refractivity contribution is 5.83. The molecule has 60 valence electrons. The van der Waals surface area contributed by atoms with Crippen LogP contribution in [0, 0.1) is 0 Å². The fourth-order valence-electron chi connectivity index (χ4n) is 0.446. The van der Waals surface area contributed by atoms with Gasteiger partial charge in [-0.15, -0.1) is 0 Å². The zero-order valence-corrected chi connectivity index (χ0v) is 5.94. The summed E-state index contributed by atoms with van der Waals surface area (Å²) in [6, 6.07) is 0. The third-order valence-corrected chi connectivity index (χ3v) is 0.840. The third-order valence-electron chi connectivity index (χ3n) is 0.840. The van der Waals surface area contributed by atoms with E-state index in [2.05, 4.69) is 0 Å². The van der Waals surface area contributed by atoms with Crippen LogP contribution in [0.25, 0.3) is 0 Å². The van der Waals surface area contributed by atoms with Crippen molar-refractivity contribution in [1.82, 2.24) is 0 Å². The van der Waals surface area contributed by atoms with Crippen molar-refractivity contribution in [3.8, 4) is 0 Å². The molecule has 0 fully saturated rings. The number of carboxylic acids is 2. The standard InChI is InChI=1S/C7H8O4/c1-5(4-7(10)11)2-3-6(8)9/h2-4H,1H3,(H,8,9)(H,10,11)/b3-2+,5-4-. The summed E-state index contributed by atoms with van der Waals surface area (Å²) in [7, 11) is 0. The van der Waals surface area contributed by atoms with E-state index in [-0.39, 0.29) is 0 Å². The summed E-state index contributed by atoms with van der Waals surface area (Å²) in [5, 5.41) is 16.3. The van der Waals surface area contributed by atoms with Gasteiger partial charge in [0.1, 0.15) is 0 Å². The monoisotopic (exact) mass is 156 g/mol. The molecule has 0 aromatic rings. The molecule has 0 aliphatic heterocycles. The Morgan fingerprint density at radius 1 is 1.09 bits per heavy atom.